The molecular weight excluding hydrogens is 474 g/mol. The van der Waals surface area contributed by atoms with Gasteiger partial charge in [-0.25, -0.2) is 0 Å². The van der Waals surface area contributed by atoms with E-state index >= 15 is 0 Å². The molecule has 3 heteroatoms. The summed E-state index contributed by atoms with van der Waals surface area (Å²) in [6.07, 6.45) is 16.7. The Balaban J connectivity index is 1.20. The molecule has 0 atom stereocenters. The van der Waals surface area contributed by atoms with E-state index in [1.54, 1.807) is 12.1 Å². The molecule has 0 amide bonds. The van der Waals surface area contributed by atoms with Gasteiger partial charge < -0.3 is 4.74 Å². The highest BCUT2D eigenvalue weighted by atomic mass is 19.3. The predicted molar refractivity (Wildman–Crippen MR) is 155 cm³/mol. The van der Waals surface area contributed by atoms with Crippen molar-refractivity contribution in [2.75, 3.05) is 6.61 Å². The van der Waals surface area contributed by atoms with Gasteiger partial charge in [0.05, 0.1) is 12.2 Å². The standard InChI is InChI=1S/C35H48F2O/c1-3-5-6-8-28-11-17-32(18-12-28)33-21-23-34(24-22-33)35(36,37)38-26-25-29-13-19-31(20-14-29)30-15-9-27(7-4-2)10-16-30/h3,5,13-14,19-24,27-28,30,32H,4,6-12,15-18,25-26H2,1-2H3. The van der Waals surface area contributed by atoms with E-state index in [4.69, 9.17) is 4.74 Å². The van der Waals surface area contributed by atoms with Crippen molar-refractivity contribution >= 4 is 0 Å². The lowest BCUT2D eigenvalue weighted by Gasteiger charge is -2.29. The largest absolute Gasteiger partial charge is 0.383 e. The second kappa shape index (κ2) is 14.4. The van der Waals surface area contributed by atoms with Gasteiger partial charge in [0, 0.05) is 0 Å². The Morgan fingerprint density at radius 2 is 1.29 bits per heavy atom. The van der Waals surface area contributed by atoms with Crippen molar-refractivity contribution < 1.29 is 13.5 Å². The number of hydrogen-bond acceptors (Lipinski definition) is 1. The Labute approximate surface area is 230 Å². The highest BCUT2D eigenvalue weighted by molar-refractivity contribution is 5.28. The first-order valence-electron chi connectivity index (χ1n) is 15.3. The molecule has 0 aliphatic heterocycles. The quantitative estimate of drug-likeness (QED) is 0.252. The maximum atomic E-state index is 14.8. The van der Waals surface area contributed by atoms with Gasteiger partial charge in [0.1, 0.15) is 0 Å². The van der Waals surface area contributed by atoms with Crippen molar-refractivity contribution in [1.29, 1.82) is 0 Å². The Morgan fingerprint density at radius 3 is 1.82 bits per heavy atom. The molecule has 4 rings (SSSR count). The van der Waals surface area contributed by atoms with Crippen LogP contribution in [-0.4, -0.2) is 6.61 Å². The van der Waals surface area contributed by atoms with Gasteiger partial charge in [0.25, 0.3) is 0 Å². The van der Waals surface area contributed by atoms with Crippen LogP contribution in [0.2, 0.25) is 0 Å². The first kappa shape index (κ1) is 29.0. The molecule has 0 bridgehead atoms. The van der Waals surface area contributed by atoms with Crippen LogP contribution in [0, 0.1) is 11.8 Å². The molecule has 0 spiro atoms. The summed E-state index contributed by atoms with van der Waals surface area (Å²) in [5.41, 5.74) is 3.60. The smallest absolute Gasteiger partial charge is 0.316 e. The van der Waals surface area contributed by atoms with Gasteiger partial charge in [-0.3, -0.25) is 0 Å². The zero-order valence-electron chi connectivity index (χ0n) is 23.6. The molecule has 1 nitrogen and oxygen atoms in total. The number of alkyl halides is 2. The third-order valence-electron chi connectivity index (χ3n) is 9.21. The van der Waals surface area contributed by atoms with E-state index in [1.807, 2.05) is 12.1 Å². The second-order valence-corrected chi connectivity index (χ2v) is 11.8. The lowest BCUT2D eigenvalue weighted by Crippen LogP contribution is -2.20. The molecule has 208 valence electrons. The summed E-state index contributed by atoms with van der Waals surface area (Å²) in [5, 5.41) is 0. The van der Waals surface area contributed by atoms with E-state index < -0.39 is 6.11 Å². The molecule has 0 unspecified atom stereocenters. The fourth-order valence-electron chi connectivity index (χ4n) is 6.76. The van der Waals surface area contributed by atoms with E-state index in [2.05, 4.69) is 50.3 Å². The molecule has 2 aromatic rings. The molecule has 0 radical (unpaired) electrons. The summed E-state index contributed by atoms with van der Waals surface area (Å²) in [6.45, 7) is 4.36. The zero-order valence-corrected chi connectivity index (χ0v) is 23.6. The minimum atomic E-state index is -3.26. The fraction of sp³-hybridized carbons (Fsp3) is 0.600. The summed E-state index contributed by atoms with van der Waals surface area (Å²) in [6, 6.07) is 15.5. The van der Waals surface area contributed by atoms with Gasteiger partial charge >= 0.3 is 6.11 Å². The summed E-state index contributed by atoms with van der Waals surface area (Å²) in [5.74, 6) is 2.86. The molecule has 0 N–H and O–H groups in total. The van der Waals surface area contributed by atoms with E-state index in [1.165, 1.54) is 75.3 Å². The van der Waals surface area contributed by atoms with Gasteiger partial charge in [-0.2, -0.15) is 8.78 Å². The summed E-state index contributed by atoms with van der Waals surface area (Å²) < 4.78 is 34.7. The monoisotopic (exact) mass is 522 g/mol. The first-order chi connectivity index (χ1) is 18.5. The molecule has 0 saturated heterocycles. The summed E-state index contributed by atoms with van der Waals surface area (Å²) in [4.78, 5) is 0. The predicted octanol–water partition coefficient (Wildman–Crippen LogP) is 10.7. The summed E-state index contributed by atoms with van der Waals surface area (Å²) >= 11 is 0. The van der Waals surface area contributed by atoms with Crippen LogP contribution in [0.4, 0.5) is 8.78 Å². The molecule has 0 aromatic heterocycles. The molecule has 2 aliphatic rings. The maximum Gasteiger partial charge on any atom is 0.383 e. The molecular formula is C35H48F2O. The van der Waals surface area contributed by atoms with E-state index in [0.717, 1.165) is 30.2 Å². The normalized spacial score (nSPS) is 24.6. The van der Waals surface area contributed by atoms with E-state index in [9.17, 15) is 8.78 Å². The minimum absolute atomic E-state index is 0.00740. The average Bonchev–Trinajstić information content (AvgIpc) is 2.95. The van der Waals surface area contributed by atoms with Crippen LogP contribution in [0.25, 0.3) is 0 Å². The second-order valence-electron chi connectivity index (χ2n) is 11.8. The minimum Gasteiger partial charge on any atom is -0.316 e. The van der Waals surface area contributed by atoms with Crippen molar-refractivity contribution in [3.8, 4) is 0 Å². The Morgan fingerprint density at radius 1 is 0.763 bits per heavy atom. The van der Waals surface area contributed by atoms with Crippen molar-refractivity contribution in [1.82, 2.24) is 0 Å². The van der Waals surface area contributed by atoms with Crippen LogP contribution < -0.4 is 0 Å². The van der Waals surface area contributed by atoms with Crippen molar-refractivity contribution in [2.24, 2.45) is 11.8 Å². The summed E-state index contributed by atoms with van der Waals surface area (Å²) in [7, 11) is 0. The molecule has 2 aromatic carbocycles. The van der Waals surface area contributed by atoms with Crippen LogP contribution in [-0.2, 0) is 17.3 Å². The molecule has 2 aliphatic carbocycles. The van der Waals surface area contributed by atoms with Crippen molar-refractivity contribution in [3.63, 3.8) is 0 Å². The lowest BCUT2D eigenvalue weighted by molar-refractivity contribution is -0.248. The maximum absolute atomic E-state index is 14.8. The number of rotatable bonds is 12. The van der Waals surface area contributed by atoms with Crippen LogP contribution in [0.3, 0.4) is 0 Å². The zero-order chi connectivity index (χ0) is 26.8. The van der Waals surface area contributed by atoms with Gasteiger partial charge in [-0.15, -0.1) is 0 Å². The van der Waals surface area contributed by atoms with Crippen LogP contribution in [0.15, 0.2) is 60.7 Å². The fourth-order valence-corrected chi connectivity index (χ4v) is 6.76. The Bertz CT molecular complexity index is 962. The van der Waals surface area contributed by atoms with Gasteiger partial charge in [-0.1, -0.05) is 80.4 Å². The number of ether oxygens (including phenoxy) is 1. The highest BCUT2D eigenvalue weighted by Gasteiger charge is 2.33. The van der Waals surface area contributed by atoms with Crippen molar-refractivity contribution in [3.05, 3.63) is 82.9 Å². The first-order valence-corrected chi connectivity index (χ1v) is 15.3. The van der Waals surface area contributed by atoms with Crippen molar-refractivity contribution in [2.45, 2.75) is 115 Å². The number of hydrogen-bond donors (Lipinski definition) is 0. The van der Waals surface area contributed by atoms with Gasteiger partial charge in [-0.05, 0) is 118 Å². The number of allylic oxidation sites excluding steroid dienone is 2. The third-order valence-corrected chi connectivity index (χ3v) is 9.21. The average molecular weight is 523 g/mol. The third kappa shape index (κ3) is 8.25. The Kier molecular flexibility index (Phi) is 11.0. The number of halogens is 2. The molecule has 38 heavy (non-hydrogen) atoms. The van der Waals surface area contributed by atoms with Crippen LogP contribution in [0.1, 0.15) is 125 Å². The van der Waals surface area contributed by atoms with Gasteiger partial charge in [0.15, 0.2) is 0 Å². The van der Waals surface area contributed by atoms with E-state index in [0.29, 0.717) is 18.3 Å². The molecule has 2 fully saturated rings. The van der Waals surface area contributed by atoms with E-state index in [-0.39, 0.29) is 12.2 Å². The SMILES string of the molecule is CC=CCCC1CCC(c2ccc(C(F)(F)OCCc3ccc(C4CCC(CCC)CC4)cc3)cc2)CC1. The lowest BCUT2D eigenvalue weighted by atomic mass is 9.77. The topological polar surface area (TPSA) is 9.23 Å². The molecule has 0 heterocycles. The highest BCUT2D eigenvalue weighted by Crippen LogP contribution is 2.39. The molecule has 2 saturated carbocycles. The van der Waals surface area contributed by atoms with Gasteiger partial charge in [0.2, 0.25) is 0 Å². The number of benzene rings is 2. The Hall–Kier alpha value is -2.00. The van der Waals surface area contributed by atoms with Crippen LogP contribution >= 0.6 is 0 Å². The van der Waals surface area contributed by atoms with Crippen LogP contribution in [0.5, 0.6) is 0 Å².